The van der Waals surface area contributed by atoms with Crippen molar-refractivity contribution in [1.29, 1.82) is 0 Å². The normalized spacial score (nSPS) is 27.9. The highest BCUT2D eigenvalue weighted by atomic mass is 14.7. The lowest BCUT2D eigenvalue weighted by Gasteiger charge is -2.18. The second kappa shape index (κ2) is 4.75. The predicted molar refractivity (Wildman–Crippen MR) is 62.4 cm³/mol. The van der Waals surface area contributed by atoms with Gasteiger partial charge in [0, 0.05) is 18.4 Å². The molecular formula is C13H20N2. The maximum absolute atomic E-state index is 6.25. The fraction of sp³-hybridized carbons (Fsp3) is 0.615. The zero-order valence-corrected chi connectivity index (χ0v) is 9.39. The van der Waals surface area contributed by atoms with Crippen LogP contribution < -0.4 is 5.73 Å². The van der Waals surface area contributed by atoms with Gasteiger partial charge < -0.3 is 5.73 Å². The van der Waals surface area contributed by atoms with Gasteiger partial charge in [0.2, 0.25) is 0 Å². The summed E-state index contributed by atoms with van der Waals surface area (Å²) < 4.78 is 0. The van der Waals surface area contributed by atoms with E-state index < -0.39 is 0 Å². The van der Waals surface area contributed by atoms with Crippen LogP contribution in [0.5, 0.6) is 0 Å². The van der Waals surface area contributed by atoms with Gasteiger partial charge in [-0.1, -0.05) is 19.4 Å². The Hall–Kier alpha value is -0.890. The summed E-state index contributed by atoms with van der Waals surface area (Å²) >= 11 is 0. The van der Waals surface area contributed by atoms with Gasteiger partial charge in [-0.2, -0.15) is 0 Å². The fourth-order valence-electron chi connectivity index (χ4n) is 2.60. The van der Waals surface area contributed by atoms with Crippen LogP contribution in [0.15, 0.2) is 24.5 Å². The van der Waals surface area contributed by atoms with Crippen LogP contribution in [0.25, 0.3) is 0 Å². The molecule has 2 nitrogen and oxygen atoms in total. The van der Waals surface area contributed by atoms with E-state index in [1.54, 1.807) is 0 Å². The molecule has 2 rings (SSSR count). The van der Waals surface area contributed by atoms with Crippen molar-refractivity contribution in [1.82, 2.24) is 4.98 Å². The third-order valence-corrected chi connectivity index (χ3v) is 3.54. The van der Waals surface area contributed by atoms with Crippen LogP contribution in [-0.4, -0.2) is 11.0 Å². The van der Waals surface area contributed by atoms with E-state index in [0.29, 0.717) is 6.04 Å². The Morgan fingerprint density at radius 2 is 2.40 bits per heavy atom. The van der Waals surface area contributed by atoms with Crippen LogP contribution in [0.3, 0.4) is 0 Å². The molecular weight excluding hydrogens is 184 g/mol. The Labute approximate surface area is 91.9 Å². The van der Waals surface area contributed by atoms with Gasteiger partial charge in [0.1, 0.15) is 0 Å². The van der Waals surface area contributed by atoms with E-state index in [-0.39, 0.29) is 0 Å². The molecule has 3 unspecified atom stereocenters. The Balaban J connectivity index is 1.90. The van der Waals surface area contributed by atoms with Gasteiger partial charge in [0.15, 0.2) is 0 Å². The molecule has 1 aliphatic rings. The number of aromatic nitrogens is 1. The van der Waals surface area contributed by atoms with E-state index in [1.807, 2.05) is 18.5 Å². The molecule has 1 aromatic rings. The van der Waals surface area contributed by atoms with Crippen LogP contribution in [-0.2, 0) is 6.42 Å². The lowest BCUT2D eigenvalue weighted by Crippen LogP contribution is -2.30. The van der Waals surface area contributed by atoms with Crippen molar-refractivity contribution in [2.75, 3.05) is 0 Å². The SMILES string of the molecule is CC1CCC(C(N)Cc2cccnc2)C1. The number of nitrogens with two attached hydrogens (primary N) is 1. The van der Waals surface area contributed by atoms with Crippen LogP contribution in [0, 0.1) is 11.8 Å². The number of nitrogens with zero attached hydrogens (tertiary/aromatic N) is 1. The van der Waals surface area contributed by atoms with Gasteiger partial charge >= 0.3 is 0 Å². The molecule has 0 amide bonds. The first-order chi connectivity index (χ1) is 7.25. The van der Waals surface area contributed by atoms with Gasteiger partial charge in [0.25, 0.3) is 0 Å². The third kappa shape index (κ3) is 2.78. The maximum atomic E-state index is 6.25. The molecule has 3 atom stereocenters. The quantitative estimate of drug-likeness (QED) is 0.821. The molecule has 0 saturated heterocycles. The van der Waals surface area contributed by atoms with Crippen LogP contribution >= 0.6 is 0 Å². The zero-order valence-electron chi connectivity index (χ0n) is 9.39. The highest BCUT2D eigenvalue weighted by molar-refractivity contribution is 5.10. The Bertz CT molecular complexity index is 297. The van der Waals surface area contributed by atoms with Crippen molar-refractivity contribution in [3.05, 3.63) is 30.1 Å². The van der Waals surface area contributed by atoms with E-state index >= 15 is 0 Å². The monoisotopic (exact) mass is 204 g/mol. The van der Waals surface area contributed by atoms with Crippen molar-refractivity contribution in [3.8, 4) is 0 Å². The average molecular weight is 204 g/mol. The molecule has 15 heavy (non-hydrogen) atoms. The molecule has 0 aliphatic heterocycles. The summed E-state index contributed by atoms with van der Waals surface area (Å²) in [6, 6.07) is 4.42. The molecule has 1 fully saturated rings. The first-order valence-electron chi connectivity index (χ1n) is 5.90. The van der Waals surface area contributed by atoms with Crippen LogP contribution in [0.4, 0.5) is 0 Å². The van der Waals surface area contributed by atoms with Gasteiger partial charge in [-0.3, -0.25) is 4.98 Å². The minimum absolute atomic E-state index is 0.319. The van der Waals surface area contributed by atoms with Crippen LogP contribution in [0.1, 0.15) is 31.7 Å². The van der Waals surface area contributed by atoms with Gasteiger partial charge in [-0.05, 0) is 42.7 Å². The van der Waals surface area contributed by atoms with Gasteiger partial charge in [-0.25, -0.2) is 0 Å². The zero-order chi connectivity index (χ0) is 10.7. The summed E-state index contributed by atoms with van der Waals surface area (Å²) in [6.45, 7) is 2.33. The molecule has 0 aromatic carbocycles. The van der Waals surface area contributed by atoms with Crippen LogP contribution in [0.2, 0.25) is 0 Å². The predicted octanol–water partition coefficient (Wildman–Crippen LogP) is 2.39. The summed E-state index contributed by atoms with van der Waals surface area (Å²) in [7, 11) is 0. The summed E-state index contributed by atoms with van der Waals surface area (Å²) in [4.78, 5) is 4.12. The first kappa shape index (κ1) is 10.6. The van der Waals surface area contributed by atoms with Crippen molar-refractivity contribution in [2.24, 2.45) is 17.6 Å². The van der Waals surface area contributed by atoms with E-state index in [0.717, 1.165) is 18.3 Å². The largest absolute Gasteiger partial charge is 0.327 e. The number of hydrogen-bond donors (Lipinski definition) is 1. The van der Waals surface area contributed by atoms with Crippen molar-refractivity contribution in [3.63, 3.8) is 0 Å². The molecule has 82 valence electrons. The smallest absolute Gasteiger partial charge is 0.0300 e. The van der Waals surface area contributed by atoms with E-state index in [9.17, 15) is 0 Å². The summed E-state index contributed by atoms with van der Waals surface area (Å²) in [5.74, 6) is 1.59. The van der Waals surface area contributed by atoms with E-state index in [1.165, 1.54) is 24.8 Å². The van der Waals surface area contributed by atoms with Crippen molar-refractivity contribution in [2.45, 2.75) is 38.6 Å². The lowest BCUT2D eigenvalue weighted by atomic mass is 9.93. The Morgan fingerprint density at radius 3 is 3.00 bits per heavy atom. The fourth-order valence-corrected chi connectivity index (χ4v) is 2.60. The van der Waals surface area contributed by atoms with Gasteiger partial charge in [0.05, 0.1) is 0 Å². The minimum atomic E-state index is 0.319. The van der Waals surface area contributed by atoms with Crippen molar-refractivity contribution < 1.29 is 0 Å². The summed E-state index contributed by atoms with van der Waals surface area (Å²) in [5.41, 5.74) is 7.51. The molecule has 0 radical (unpaired) electrons. The standard InChI is InChI=1S/C13H20N2/c1-10-4-5-12(7-10)13(14)8-11-3-2-6-15-9-11/h2-3,6,9-10,12-13H,4-5,7-8,14H2,1H3. The van der Waals surface area contributed by atoms with Gasteiger partial charge in [-0.15, -0.1) is 0 Å². The molecule has 1 saturated carbocycles. The van der Waals surface area contributed by atoms with E-state index in [2.05, 4.69) is 18.0 Å². The lowest BCUT2D eigenvalue weighted by molar-refractivity contribution is 0.415. The summed E-state index contributed by atoms with van der Waals surface area (Å²) in [6.07, 6.45) is 8.69. The first-order valence-corrected chi connectivity index (χ1v) is 5.90. The number of rotatable bonds is 3. The average Bonchev–Trinajstić information content (AvgIpc) is 2.66. The maximum Gasteiger partial charge on any atom is 0.0300 e. The molecule has 1 heterocycles. The second-order valence-electron chi connectivity index (χ2n) is 4.91. The number of pyridine rings is 1. The number of hydrogen-bond acceptors (Lipinski definition) is 2. The third-order valence-electron chi connectivity index (χ3n) is 3.54. The molecule has 2 N–H and O–H groups in total. The topological polar surface area (TPSA) is 38.9 Å². The van der Waals surface area contributed by atoms with E-state index in [4.69, 9.17) is 5.73 Å². The summed E-state index contributed by atoms with van der Waals surface area (Å²) in [5, 5.41) is 0. The highest BCUT2D eigenvalue weighted by Crippen LogP contribution is 2.32. The Morgan fingerprint density at radius 1 is 1.53 bits per heavy atom. The van der Waals surface area contributed by atoms with Crippen molar-refractivity contribution >= 4 is 0 Å². The molecule has 1 aromatic heterocycles. The molecule has 0 bridgehead atoms. The Kier molecular flexibility index (Phi) is 3.37. The highest BCUT2D eigenvalue weighted by Gasteiger charge is 2.26. The molecule has 0 spiro atoms. The minimum Gasteiger partial charge on any atom is -0.327 e. The second-order valence-corrected chi connectivity index (χ2v) is 4.91. The molecule has 1 aliphatic carbocycles. The molecule has 2 heteroatoms.